The summed E-state index contributed by atoms with van der Waals surface area (Å²) in [5, 5.41) is 6.42. The van der Waals surface area contributed by atoms with Crippen molar-refractivity contribution in [3.8, 4) is 0 Å². The van der Waals surface area contributed by atoms with E-state index in [9.17, 15) is 78.7 Å². The van der Waals surface area contributed by atoms with E-state index in [1.54, 1.807) is 177 Å². The predicted octanol–water partition coefficient (Wildman–Crippen LogP) is 20.1. The Morgan fingerprint density at radius 3 is 0.947 bits per heavy atom. The van der Waals surface area contributed by atoms with Crippen molar-refractivity contribution in [1.82, 2.24) is 64.1 Å². The fourth-order valence-electron chi connectivity index (χ4n) is 22.6. The van der Waals surface area contributed by atoms with Gasteiger partial charge in [0.2, 0.25) is 5.95 Å². The lowest BCUT2D eigenvalue weighted by Gasteiger charge is -2.47. The molecule has 25 nitrogen and oxygen atoms in total. The minimum atomic E-state index is -1.17. The van der Waals surface area contributed by atoms with Crippen molar-refractivity contribution in [2.45, 2.75) is 60.4 Å². The Morgan fingerprint density at radius 1 is 0.293 bits per heavy atom. The van der Waals surface area contributed by atoms with Gasteiger partial charge in [0.05, 0.1) is 23.0 Å². The zero-order chi connectivity index (χ0) is 105. The van der Waals surface area contributed by atoms with Crippen LogP contribution in [0.3, 0.4) is 0 Å². The number of furan rings is 1. The fourth-order valence-corrected chi connectivity index (χ4v) is 23.2. The highest BCUT2D eigenvalue weighted by atomic mass is 35.5. The zero-order valence-corrected chi connectivity index (χ0v) is 82.6. The van der Waals surface area contributed by atoms with Crippen LogP contribution in [0.5, 0.6) is 0 Å². The molecular formula is C113H81Cl5F7N13O12. The van der Waals surface area contributed by atoms with E-state index in [1.165, 1.54) is 153 Å². The van der Waals surface area contributed by atoms with E-state index in [0.29, 0.717) is 173 Å². The normalized spacial score (nSPS) is 20.2. The van der Waals surface area contributed by atoms with Gasteiger partial charge in [-0.25, -0.2) is 31.3 Å². The minimum Gasteiger partial charge on any atom is -0.472 e. The molecule has 14 heterocycles. The highest BCUT2D eigenvalue weighted by Gasteiger charge is 2.62. The molecule has 25 rings (SSSR count). The molecule has 0 N–H and O–H groups in total. The molecule has 4 aromatic heterocycles. The summed E-state index contributed by atoms with van der Waals surface area (Å²) in [7, 11) is 0. The summed E-state index contributed by atoms with van der Waals surface area (Å²) in [5.41, 5.74) is 4.09. The molecule has 0 spiro atoms. The Labute approximate surface area is 876 Å². The van der Waals surface area contributed by atoms with Crippen molar-refractivity contribution in [1.29, 1.82) is 0 Å². The Hall–Kier alpha value is -16.1. The highest BCUT2D eigenvalue weighted by molar-refractivity contribution is 6.32. The lowest BCUT2D eigenvalue weighted by molar-refractivity contribution is 0.00569. The van der Waals surface area contributed by atoms with Crippen LogP contribution in [0.15, 0.2) is 319 Å². The molecule has 15 aromatic rings. The first kappa shape index (κ1) is 99.8. The van der Waals surface area contributed by atoms with Crippen LogP contribution < -0.4 is 0 Å². The molecule has 11 aromatic carbocycles. The third-order valence-corrected chi connectivity index (χ3v) is 30.6. The van der Waals surface area contributed by atoms with Gasteiger partial charge in [0.25, 0.3) is 59.1 Å². The Kier molecular flexibility index (Phi) is 26.5. The van der Waals surface area contributed by atoms with E-state index in [0.717, 1.165) is 17.2 Å². The van der Waals surface area contributed by atoms with Crippen LogP contribution in [0, 0.1) is 40.9 Å². The second-order valence-electron chi connectivity index (χ2n) is 37.1. The van der Waals surface area contributed by atoms with Gasteiger partial charge in [0.15, 0.2) is 5.69 Å². The van der Waals surface area contributed by atoms with Gasteiger partial charge in [0.1, 0.15) is 75.7 Å². The smallest absolute Gasteiger partial charge is 0.278 e. The van der Waals surface area contributed by atoms with E-state index in [1.807, 2.05) is 24.3 Å². The first-order valence-corrected chi connectivity index (χ1v) is 49.3. The van der Waals surface area contributed by atoms with Gasteiger partial charge in [-0.3, -0.25) is 52.9 Å². The van der Waals surface area contributed by atoms with Crippen molar-refractivity contribution in [2.75, 3.05) is 65.4 Å². The summed E-state index contributed by atoms with van der Waals surface area (Å²) < 4.78 is 107. The lowest BCUT2D eigenvalue weighted by atomic mass is 9.83. The summed E-state index contributed by atoms with van der Waals surface area (Å²) in [5.74, 6) is -6.18. The number of aromatic nitrogens is 3. The molecule has 5 unspecified atom stereocenters. The number of nitrogens with zero attached hydrogens (tertiary/aromatic N) is 13. The van der Waals surface area contributed by atoms with Crippen LogP contribution in [-0.4, -0.2) is 189 Å². The molecule has 0 aliphatic carbocycles. The summed E-state index contributed by atoms with van der Waals surface area (Å²) in [4.78, 5) is 158. The van der Waals surface area contributed by atoms with Gasteiger partial charge in [-0.05, 0) is 250 Å². The highest BCUT2D eigenvalue weighted by Crippen LogP contribution is 2.53. The Morgan fingerprint density at radius 2 is 0.620 bits per heavy atom. The second kappa shape index (κ2) is 39.8. The van der Waals surface area contributed by atoms with E-state index >= 15 is 0 Å². The second-order valence-corrected chi connectivity index (χ2v) is 39.2. The molecule has 5 atom stereocenters. The molecule has 10 aliphatic rings. The number of hydrogen-bond acceptors (Lipinski definition) is 15. The number of amides is 10. The van der Waals surface area contributed by atoms with Gasteiger partial charge in [0, 0.05) is 186 Å². The van der Waals surface area contributed by atoms with Crippen molar-refractivity contribution < 1.29 is 87.6 Å². The van der Waals surface area contributed by atoms with Crippen LogP contribution in [0.25, 0.3) is 0 Å². The quantitative estimate of drug-likeness (QED) is 0.0909. The van der Waals surface area contributed by atoms with Gasteiger partial charge in [-0.15, -0.1) is 0 Å². The standard InChI is InChI=1S/C24H17ClF2N2O2.C23H16ClF2N3O2.C23H17ClFN3O2.C22H16ClFN2O3.C21H15ClFN3O3/c25-18-5-3-17(4-6-18)24-14-16-13-20(27)9-10-21(16)23(31)29(24)12-11-28(24)22(30)15-1-7-19(26)8-2-15;24-17-4-2-16(3-5-17)23-12-15-11-18(25)6-7-19(15)22(31)29(23)10-9-28(23)21(30)14-1-8-20(26)27-13-14;24-18-5-3-17(4-6-18)23-13-16-12-19(25)7-8-20(16)22(30)28(23)11-10-27(23)21(29)15-2-1-9-26-14-15;23-17-3-1-16(2-4-17)22-12-15-11-18(24)5-6-19(15)21(28)26(22)9-8-25(22)20(27)14-7-10-29-13-14;22-14-6-4-13(5-7-14)21-12-16-15(2-1-3-17(16)23)19(27)25(21)9-10-26(21)20(28)18-8-11-29-24-18/h1-10,13H,11-12,14H2;1-8,11,13H,9-10,12H2;1-9,12,14H,10-11,13H2;1-7,10-11,13H,8-9,12H2;1-8,11H,9-10,12H2. The number of rotatable bonds is 10. The van der Waals surface area contributed by atoms with Crippen LogP contribution in [0.2, 0.25) is 25.1 Å². The topological polar surface area (TPSA) is 268 Å². The van der Waals surface area contributed by atoms with Crippen LogP contribution in [0.4, 0.5) is 30.7 Å². The molecule has 37 heteroatoms. The van der Waals surface area contributed by atoms with E-state index in [-0.39, 0.29) is 103 Å². The van der Waals surface area contributed by atoms with Gasteiger partial charge < -0.3 is 57.9 Å². The maximum atomic E-state index is 14.7. The van der Waals surface area contributed by atoms with Crippen molar-refractivity contribution >= 4 is 117 Å². The Balaban J connectivity index is 0.000000109. The minimum absolute atomic E-state index is 0.131. The predicted molar refractivity (Wildman–Crippen MR) is 537 cm³/mol. The molecular weight excluding hydrogens is 2040 g/mol. The van der Waals surface area contributed by atoms with Gasteiger partial charge in [-0.2, -0.15) is 4.39 Å². The summed E-state index contributed by atoms with van der Waals surface area (Å²) >= 11 is 30.4. The molecule has 0 bridgehead atoms. The average Bonchev–Trinajstić information content (AvgIpc) is 1.54. The maximum Gasteiger partial charge on any atom is 0.278 e. The van der Waals surface area contributed by atoms with Crippen LogP contribution in [-0.2, 0) is 60.4 Å². The molecule has 0 saturated carbocycles. The molecule has 10 amide bonds. The van der Waals surface area contributed by atoms with E-state index in [4.69, 9.17) is 66.9 Å². The number of fused-ring (bicyclic) bond motifs is 10. The SMILES string of the molecule is O=C(c1ccc(F)cc1)N1CCN2C(=O)c3ccc(F)cc3CC12c1ccc(Cl)cc1.O=C(c1ccc(F)nc1)N1CCN2C(=O)c3ccc(F)cc3CC12c1ccc(Cl)cc1.O=C(c1cccnc1)N1CCN2C(=O)c3ccc(F)cc3CC12c1ccc(Cl)cc1.O=C(c1ccoc1)N1CCN2C(=O)c3ccc(F)cc3CC12c1ccc(Cl)cc1.O=C(c1ccon1)N1CCN2C(=O)c3cccc(F)c3CC12c1ccc(Cl)cc1. The van der Waals surface area contributed by atoms with Crippen molar-refractivity contribution in [2.24, 2.45) is 0 Å². The number of carbonyl (C=O) groups excluding carboxylic acids is 10. The summed E-state index contributed by atoms with van der Waals surface area (Å²) in [6, 6.07) is 70.3. The summed E-state index contributed by atoms with van der Waals surface area (Å²) in [6.45, 7) is 3.27. The monoisotopic (exact) mass is 2120 g/mol. The number of hydrogen-bond donors (Lipinski definition) is 0. The number of carbonyl (C=O) groups is 10. The van der Waals surface area contributed by atoms with Crippen LogP contribution >= 0.6 is 58.0 Å². The van der Waals surface area contributed by atoms with E-state index < -0.39 is 75.1 Å². The summed E-state index contributed by atoms with van der Waals surface area (Å²) in [6.07, 6.45) is 9.59. The average molecular weight is 2120 g/mol. The third-order valence-electron chi connectivity index (χ3n) is 29.3. The zero-order valence-electron chi connectivity index (χ0n) is 78.8. The third kappa shape index (κ3) is 17.2. The first-order chi connectivity index (χ1) is 72.3. The van der Waals surface area contributed by atoms with Gasteiger partial charge in [-0.1, -0.05) is 130 Å². The van der Waals surface area contributed by atoms with Crippen molar-refractivity contribution in [3.63, 3.8) is 0 Å². The molecule has 150 heavy (non-hydrogen) atoms. The first-order valence-electron chi connectivity index (χ1n) is 47.4. The Bertz CT molecular complexity index is 7740. The maximum absolute atomic E-state index is 14.7. The number of benzene rings is 11. The molecule has 5 fully saturated rings. The lowest BCUT2D eigenvalue weighted by Crippen LogP contribution is -2.58. The molecule has 5 saturated heterocycles. The fraction of sp³-hybridized carbons (Fsp3) is 0.177. The number of halogens is 12. The molecule has 0 radical (unpaired) electrons. The largest absolute Gasteiger partial charge is 0.472 e. The van der Waals surface area contributed by atoms with Crippen LogP contribution in [0.1, 0.15) is 159 Å². The van der Waals surface area contributed by atoms with Crippen molar-refractivity contribution in [3.05, 3.63) is 488 Å². The molecule has 10 aliphatic heterocycles. The van der Waals surface area contributed by atoms with E-state index in [2.05, 4.69) is 15.1 Å². The number of pyridine rings is 2. The van der Waals surface area contributed by atoms with Gasteiger partial charge >= 0.3 is 0 Å². The molecule has 754 valence electrons.